The number of alkyl halides is 2. The zero-order valence-electron chi connectivity index (χ0n) is 15.8. The van der Waals surface area contributed by atoms with Crippen molar-refractivity contribution in [3.05, 3.63) is 58.4 Å². The molecule has 2 aromatic carbocycles. The smallest absolute Gasteiger partial charge is 0.338 e. The molecule has 2 rings (SSSR count). The van der Waals surface area contributed by atoms with Crippen LogP contribution in [0.4, 0.5) is 4.39 Å². The first kappa shape index (κ1) is 23.2. The third kappa shape index (κ3) is 5.70. The van der Waals surface area contributed by atoms with Crippen LogP contribution in [0.25, 0.3) is 0 Å². The second-order valence-corrected chi connectivity index (χ2v) is 6.79. The zero-order chi connectivity index (χ0) is 21.4. The third-order valence-electron chi connectivity index (χ3n) is 3.99. The SMILES string of the molecule is COC(=O)c1cc(OCCOc2ccc(C(=O)OC)c(CBr)c2F)ccc1CBr. The van der Waals surface area contributed by atoms with E-state index in [2.05, 4.69) is 36.6 Å². The van der Waals surface area contributed by atoms with Gasteiger partial charge in [-0.15, -0.1) is 0 Å². The average molecular weight is 534 g/mol. The van der Waals surface area contributed by atoms with Gasteiger partial charge >= 0.3 is 11.9 Å². The van der Waals surface area contributed by atoms with Crippen LogP contribution in [0.5, 0.6) is 11.5 Å². The van der Waals surface area contributed by atoms with Crippen molar-refractivity contribution in [2.24, 2.45) is 0 Å². The maximum absolute atomic E-state index is 14.6. The Morgan fingerprint density at radius 3 is 2.17 bits per heavy atom. The van der Waals surface area contributed by atoms with Crippen LogP contribution in [0.3, 0.4) is 0 Å². The van der Waals surface area contributed by atoms with E-state index in [-0.39, 0.29) is 35.4 Å². The fourth-order valence-electron chi connectivity index (χ4n) is 2.52. The molecule has 0 aliphatic carbocycles. The van der Waals surface area contributed by atoms with Gasteiger partial charge in [0.05, 0.1) is 25.3 Å². The van der Waals surface area contributed by atoms with E-state index in [1.807, 2.05) is 0 Å². The minimum Gasteiger partial charge on any atom is -0.490 e. The summed E-state index contributed by atoms with van der Waals surface area (Å²) in [6.45, 7) is 0.181. The van der Waals surface area contributed by atoms with E-state index in [1.165, 1.54) is 26.4 Å². The molecule has 0 fully saturated rings. The normalized spacial score (nSPS) is 10.4. The van der Waals surface area contributed by atoms with Crippen molar-refractivity contribution < 1.29 is 32.9 Å². The molecule has 6 nitrogen and oxygen atoms in total. The summed E-state index contributed by atoms with van der Waals surface area (Å²) in [4.78, 5) is 23.6. The second-order valence-electron chi connectivity index (χ2n) is 5.67. The third-order valence-corrected chi connectivity index (χ3v) is 5.15. The summed E-state index contributed by atoms with van der Waals surface area (Å²) < 4.78 is 35.0. The number of esters is 2. The second kappa shape index (κ2) is 11.2. The lowest BCUT2D eigenvalue weighted by Crippen LogP contribution is -2.13. The van der Waals surface area contributed by atoms with E-state index in [1.54, 1.807) is 18.2 Å². The Labute approximate surface area is 184 Å². The van der Waals surface area contributed by atoms with Crippen molar-refractivity contribution in [3.63, 3.8) is 0 Å². The lowest BCUT2D eigenvalue weighted by molar-refractivity contribution is 0.0590. The monoisotopic (exact) mass is 532 g/mol. The number of methoxy groups -OCH3 is 2. The summed E-state index contributed by atoms with van der Waals surface area (Å²) in [5, 5.41) is 0.630. The Morgan fingerprint density at radius 2 is 1.55 bits per heavy atom. The molecule has 0 heterocycles. The highest BCUT2D eigenvalue weighted by Gasteiger charge is 2.19. The fraction of sp³-hybridized carbons (Fsp3) is 0.300. The Balaban J connectivity index is 2.02. The lowest BCUT2D eigenvalue weighted by Gasteiger charge is -2.13. The van der Waals surface area contributed by atoms with Gasteiger partial charge in [0.1, 0.15) is 19.0 Å². The van der Waals surface area contributed by atoms with Crippen LogP contribution in [-0.2, 0) is 20.1 Å². The fourth-order valence-corrected chi connectivity index (χ4v) is 3.55. The molecular weight excluding hydrogens is 515 g/mol. The van der Waals surface area contributed by atoms with Crippen LogP contribution < -0.4 is 9.47 Å². The molecule has 0 saturated heterocycles. The molecule has 9 heteroatoms. The van der Waals surface area contributed by atoms with Gasteiger partial charge in [0.15, 0.2) is 11.6 Å². The predicted octanol–water partition coefficient (Wildman–Crippen LogP) is 4.65. The van der Waals surface area contributed by atoms with Crippen LogP contribution in [0.1, 0.15) is 31.8 Å². The summed E-state index contributed by atoms with van der Waals surface area (Å²) >= 11 is 6.49. The van der Waals surface area contributed by atoms with Crippen molar-refractivity contribution >= 4 is 43.8 Å². The first-order valence-electron chi connectivity index (χ1n) is 8.45. The van der Waals surface area contributed by atoms with Crippen LogP contribution >= 0.6 is 31.9 Å². The van der Waals surface area contributed by atoms with Gasteiger partial charge in [0.2, 0.25) is 0 Å². The molecular formula is C20H19Br2FO6. The molecule has 0 unspecified atom stereocenters. The Morgan fingerprint density at radius 1 is 0.897 bits per heavy atom. The topological polar surface area (TPSA) is 71.1 Å². The molecule has 0 spiro atoms. The van der Waals surface area contributed by atoms with Crippen LogP contribution in [0.15, 0.2) is 30.3 Å². The zero-order valence-corrected chi connectivity index (χ0v) is 19.0. The van der Waals surface area contributed by atoms with E-state index in [4.69, 9.17) is 14.2 Å². The molecule has 0 radical (unpaired) electrons. The first-order chi connectivity index (χ1) is 14.0. The van der Waals surface area contributed by atoms with Gasteiger partial charge in [0, 0.05) is 16.2 Å². The van der Waals surface area contributed by atoms with Gasteiger partial charge in [0.25, 0.3) is 0 Å². The van der Waals surface area contributed by atoms with E-state index in [0.29, 0.717) is 16.6 Å². The highest BCUT2D eigenvalue weighted by atomic mass is 79.9. The van der Waals surface area contributed by atoms with E-state index < -0.39 is 17.8 Å². The maximum atomic E-state index is 14.6. The van der Waals surface area contributed by atoms with Crippen molar-refractivity contribution in [2.45, 2.75) is 10.7 Å². The molecule has 0 atom stereocenters. The summed E-state index contributed by atoms with van der Waals surface area (Å²) in [5.41, 5.74) is 1.46. The largest absolute Gasteiger partial charge is 0.490 e. The van der Waals surface area contributed by atoms with Crippen LogP contribution in [0, 0.1) is 5.82 Å². The maximum Gasteiger partial charge on any atom is 0.338 e. The molecule has 156 valence electrons. The number of hydrogen-bond donors (Lipinski definition) is 0. The minimum absolute atomic E-state index is 0.000546. The molecule has 0 aromatic heterocycles. The molecule has 0 N–H and O–H groups in total. The number of carbonyl (C=O) groups excluding carboxylic acids is 2. The molecule has 0 aliphatic rings. The summed E-state index contributed by atoms with van der Waals surface area (Å²) in [7, 11) is 2.54. The summed E-state index contributed by atoms with van der Waals surface area (Å²) in [6, 6.07) is 7.87. The number of rotatable bonds is 9. The van der Waals surface area contributed by atoms with Crippen LogP contribution in [-0.4, -0.2) is 39.4 Å². The number of benzene rings is 2. The molecule has 0 saturated carbocycles. The quantitative estimate of drug-likeness (QED) is 0.265. The van der Waals surface area contributed by atoms with E-state index >= 15 is 0 Å². The van der Waals surface area contributed by atoms with Gasteiger partial charge in [-0.3, -0.25) is 0 Å². The van der Waals surface area contributed by atoms with Crippen molar-refractivity contribution in [1.82, 2.24) is 0 Å². The van der Waals surface area contributed by atoms with Gasteiger partial charge < -0.3 is 18.9 Å². The number of halogens is 3. The number of carbonyl (C=O) groups is 2. The lowest BCUT2D eigenvalue weighted by atomic mass is 10.1. The Hall–Kier alpha value is -2.13. The molecule has 0 amide bonds. The highest BCUT2D eigenvalue weighted by Crippen LogP contribution is 2.27. The van der Waals surface area contributed by atoms with E-state index in [0.717, 1.165) is 5.56 Å². The molecule has 29 heavy (non-hydrogen) atoms. The number of ether oxygens (including phenoxy) is 4. The summed E-state index contributed by atoms with van der Waals surface area (Å²) in [5.74, 6) is -1.26. The van der Waals surface area contributed by atoms with Gasteiger partial charge in [-0.05, 0) is 29.8 Å². The van der Waals surface area contributed by atoms with Gasteiger partial charge in [-0.2, -0.15) is 0 Å². The minimum atomic E-state index is -0.639. The van der Waals surface area contributed by atoms with Crippen LogP contribution in [0.2, 0.25) is 0 Å². The van der Waals surface area contributed by atoms with E-state index in [9.17, 15) is 14.0 Å². The average Bonchev–Trinajstić information content (AvgIpc) is 2.75. The van der Waals surface area contributed by atoms with Crippen molar-refractivity contribution in [1.29, 1.82) is 0 Å². The molecule has 0 bridgehead atoms. The molecule has 0 aliphatic heterocycles. The number of hydrogen-bond acceptors (Lipinski definition) is 6. The van der Waals surface area contributed by atoms with Crippen molar-refractivity contribution in [2.75, 3.05) is 27.4 Å². The Bertz CT molecular complexity index is 888. The highest BCUT2D eigenvalue weighted by molar-refractivity contribution is 9.08. The standard InChI is InChI=1S/C20H19Br2FO6/c1-26-19(24)14-5-6-17(18(23)16(14)11-22)29-8-7-28-13-4-3-12(10-21)15(9-13)20(25)27-2/h3-6,9H,7-8,10-11H2,1-2H3. The van der Waals surface area contributed by atoms with Crippen molar-refractivity contribution in [3.8, 4) is 11.5 Å². The molecule has 2 aromatic rings. The van der Waals surface area contributed by atoms with Gasteiger partial charge in [-0.25, -0.2) is 14.0 Å². The van der Waals surface area contributed by atoms with Gasteiger partial charge in [-0.1, -0.05) is 37.9 Å². The predicted molar refractivity (Wildman–Crippen MR) is 112 cm³/mol. The summed E-state index contributed by atoms with van der Waals surface area (Å²) in [6.07, 6.45) is 0. The first-order valence-corrected chi connectivity index (χ1v) is 10.7. The Kier molecular flexibility index (Phi) is 8.91.